The monoisotopic (exact) mass is 196 g/mol. The van der Waals surface area contributed by atoms with E-state index in [-0.39, 0.29) is 0 Å². The van der Waals surface area contributed by atoms with Crippen molar-refractivity contribution in [2.45, 2.75) is 31.8 Å². The molecule has 13 heavy (non-hydrogen) atoms. The van der Waals surface area contributed by atoms with Crippen LogP contribution in [0.15, 0.2) is 18.3 Å². The van der Waals surface area contributed by atoms with Gasteiger partial charge < -0.3 is 5.32 Å². The second-order valence-electron chi connectivity index (χ2n) is 3.55. The Morgan fingerprint density at radius 3 is 3.00 bits per heavy atom. The Balaban J connectivity index is 2.09. The standard InChI is InChI=1S/C10H13ClN2/c1-7(13-8-4-5-8)9-3-2-6-12-10(9)11/h2-3,6-8,13H,4-5H2,1H3/t7-/m1/s1. The van der Waals surface area contributed by atoms with Crippen molar-refractivity contribution < 1.29 is 0 Å². The van der Waals surface area contributed by atoms with Crippen LogP contribution in [0.2, 0.25) is 5.15 Å². The molecular formula is C10H13ClN2. The van der Waals surface area contributed by atoms with Crippen LogP contribution in [0.3, 0.4) is 0 Å². The van der Waals surface area contributed by atoms with Gasteiger partial charge in [0.1, 0.15) is 5.15 Å². The molecule has 0 spiro atoms. The van der Waals surface area contributed by atoms with Crippen molar-refractivity contribution in [2.75, 3.05) is 0 Å². The Labute approximate surface area is 83.3 Å². The van der Waals surface area contributed by atoms with Crippen molar-refractivity contribution in [3.05, 3.63) is 29.0 Å². The van der Waals surface area contributed by atoms with Gasteiger partial charge in [0.05, 0.1) is 0 Å². The molecule has 0 bridgehead atoms. The van der Waals surface area contributed by atoms with Crippen molar-refractivity contribution in [3.8, 4) is 0 Å². The van der Waals surface area contributed by atoms with Gasteiger partial charge in [-0.2, -0.15) is 0 Å². The SMILES string of the molecule is C[C@@H](NC1CC1)c1cccnc1Cl. The molecule has 1 saturated carbocycles. The number of rotatable bonds is 3. The van der Waals surface area contributed by atoms with Crippen molar-refractivity contribution in [1.82, 2.24) is 10.3 Å². The molecular weight excluding hydrogens is 184 g/mol. The fraction of sp³-hybridized carbons (Fsp3) is 0.500. The molecule has 2 nitrogen and oxygen atoms in total. The third-order valence-corrected chi connectivity index (χ3v) is 2.63. The highest BCUT2D eigenvalue weighted by molar-refractivity contribution is 6.30. The van der Waals surface area contributed by atoms with Gasteiger partial charge in [-0.3, -0.25) is 0 Å². The zero-order valence-electron chi connectivity index (χ0n) is 7.63. The van der Waals surface area contributed by atoms with E-state index in [2.05, 4.69) is 17.2 Å². The van der Waals surface area contributed by atoms with Crippen LogP contribution >= 0.6 is 11.6 Å². The van der Waals surface area contributed by atoms with E-state index in [0.717, 1.165) is 5.56 Å². The molecule has 0 aromatic carbocycles. The molecule has 0 amide bonds. The second kappa shape index (κ2) is 3.64. The Morgan fingerprint density at radius 1 is 1.62 bits per heavy atom. The maximum atomic E-state index is 5.97. The third-order valence-electron chi connectivity index (χ3n) is 2.32. The summed E-state index contributed by atoms with van der Waals surface area (Å²) in [6, 6.07) is 4.96. The molecule has 1 aromatic heterocycles. The van der Waals surface area contributed by atoms with Gasteiger partial charge in [0.2, 0.25) is 0 Å². The summed E-state index contributed by atoms with van der Waals surface area (Å²) in [5.74, 6) is 0. The van der Waals surface area contributed by atoms with E-state index in [9.17, 15) is 0 Å². The van der Waals surface area contributed by atoms with Crippen LogP contribution in [-0.2, 0) is 0 Å². The smallest absolute Gasteiger partial charge is 0.133 e. The first-order valence-electron chi connectivity index (χ1n) is 4.64. The molecule has 0 radical (unpaired) electrons. The predicted octanol–water partition coefficient (Wildman–Crippen LogP) is 2.55. The summed E-state index contributed by atoms with van der Waals surface area (Å²) in [6.45, 7) is 2.13. The van der Waals surface area contributed by atoms with Gasteiger partial charge in [0.15, 0.2) is 0 Å². The van der Waals surface area contributed by atoms with Crippen molar-refractivity contribution >= 4 is 11.6 Å². The zero-order valence-corrected chi connectivity index (χ0v) is 8.38. The van der Waals surface area contributed by atoms with Crippen LogP contribution in [-0.4, -0.2) is 11.0 Å². The maximum absolute atomic E-state index is 5.97. The highest BCUT2D eigenvalue weighted by Crippen LogP contribution is 2.26. The average molecular weight is 197 g/mol. The number of hydrogen-bond donors (Lipinski definition) is 1. The van der Waals surface area contributed by atoms with E-state index in [0.29, 0.717) is 17.2 Å². The summed E-state index contributed by atoms with van der Waals surface area (Å²) in [6.07, 6.45) is 4.31. The molecule has 0 aliphatic heterocycles. The van der Waals surface area contributed by atoms with E-state index in [4.69, 9.17) is 11.6 Å². The molecule has 70 valence electrons. The molecule has 0 saturated heterocycles. The topological polar surface area (TPSA) is 24.9 Å². The van der Waals surface area contributed by atoms with E-state index < -0.39 is 0 Å². The lowest BCUT2D eigenvalue weighted by Crippen LogP contribution is -2.21. The quantitative estimate of drug-likeness (QED) is 0.752. The lowest BCUT2D eigenvalue weighted by Gasteiger charge is -2.13. The summed E-state index contributed by atoms with van der Waals surface area (Å²) in [5.41, 5.74) is 1.09. The van der Waals surface area contributed by atoms with Crippen LogP contribution in [0.5, 0.6) is 0 Å². The Morgan fingerprint density at radius 2 is 2.38 bits per heavy atom. The minimum absolute atomic E-state index is 0.314. The zero-order chi connectivity index (χ0) is 9.26. The van der Waals surface area contributed by atoms with Crippen LogP contribution in [0.25, 0.3) is 0 Å². The van der Waals surface area contributed by atoms with Crippen molar-refractivity contribution in [2.24, 2.45) is 0 Å². The van der Waals surface area contributed by atoms with E-state index >= 15 is 0 Å². The summed E-state index contributed by atoms with van der Waals surface area (Å²) in [4.78, 5) is 4.05. The first kappa shape index (κ1) is 8.97. The molecule has 0 unspecified atom stereocenters. The molecule has 1 atom stereocenters. The van der Waals surface area contributed by atoms with Gasteiger partial charge >= 0.3 is 0 Å². The normalized spacial score (nSPS) is 18.6. The Kier molecular flexibility index (Phi) is 2.51. The first-order valence-corrected chi connectivity index (χ1v) is 5.01. The van der Waals surface area contributed by atoms with Gasteiger partial charge in [-0.1, -0.05) is 17.7 Å². The van der Waals surface area contributed by atoms with Gasteiger partial charge in [-0.25, -0.2) is 4.98 Å². The van der Waals surface area contributed by atoms with E-state index in [1.165, 1.54) is 12.8 Å². The van der Waals surface area contributed by atoms with Crippen LogP contribution in [0.4, 0.5) is 0 Å². The number of aromatic nitrogens is 1. The van der Waals surface area contributed by atoms with Crippen molar-refractivity contribution in [3.63, 3.8) is 0 Å². The average Bonchev–Trinajstić information content (AvgIpc) is 2.89. The molecule has 1 heterocycles. The van der Waals surface area contributed by atoms with Gasteiger partial charge in [-0.15, -0.1) is 0 Å². The molecule has 1 fully saturated rings. The second-order valence-corrected chi connectivity index (χ2v) is 3.90. The molecule has 1 N–H and O–H groups in total. The lowest BCUT2D eigenvalue weighted by molar-refractivity contribution is 0.570. The fourth-order valence-corrected chi connectivity index (χ4v) is 1.70. The summed E-state index contributed by atoms with van der Waals surface area (Å²) >= 11 is 5.97. The van der Waals surface area contributed by atoms with Gasteiger partial charge in [0, 0.05) is 23.8 Å². The molecule has 1 aromatic rings. The summed E-state index contributed by atoms with van der Waals surface area (Å²) in [5, 5.41) is 4.10. The number of nitrogens with one attached hydrogen (secondary N) is 1. The van der Waals surface area contributed by atoms with Gasteiger partial charge in [0.25, 0.3) is 0 Å². The highest BCUT2D eigenvalue weighted by Gasteiger charge is 2.23. The third kappa shape index (κ3) is 2.20. The van der Waals surface area contributed by atoms with Gasteiger partial charge in [-0.05, 0) is 25.8 Å². The summed E-state index contributed by atoms with van der Waals surface area (Å²) < 4.78 is 0. The predicted molar refractivity (Wildman–Crippen MR) is 53.8 cm³/mol. The first-order chi connectivity index (χ1) is 6.27. The number of hydrogen-bond acceptors (Lipinski definition) is 2. The Hall–Kier alpha value is -0.600. The maximum Gasteiger partial charge on any atom is 0.133 e. The summed E-state index contributed by atoms with van der Waals surface area (Å²) in [7, 11) is 0. The number of halogens is 1. The largest absolute Gasteiger partial charge is 0.307 e. The minimum Gasteiger partial charge on any atom is -0.307 e. The lowest BCUT2D eigenvalue weighted by atomic mass is 10.1. The van der Waals surface area contributed by atoms with Crippen molar-refractivity contribution in [1.29, 1.82) is 0 Å². The molecule has 1 aliphatic carbocycles. The molecule has 2 rings (SSSR count). The minimum atomic E-state index is 0.314. The van der Waals surface area contributed by atoms with E-state index in [1.54, 1.807) is 6.20 Å². The number of pyridine rings is 1. The molecule has 3 heteroatoms. The van der Waals surface area contributed by atoms with E-state index in [1.807, 2.05) is 12.1 Å². The molecule has 1 aliphatic rings. The van der Waals surface area contributed by atoms with Crippen LogP contribution in [0.1, 0.15) is 31.4 Å². The highest BCUT2D eigenvalue weighted by atomic mass is 35.5. The van der Waals surface area contributed by atoms with Crippen LogP contribution < -0.4 is 5.32 Å². The Bertz CT molecular complexity index is 297. The number of nitrogens with zero attached hydrogens (tertiary/aromatic N) is 1. The fourth-order valence-electron chi connectivity index (χ4n) is 1.41. The van der Waals surface area contributed by atoms with Crippen LogP contribution in [0, 0.1) is 0 Å².